The SMILES string of the molecule is O=c1c2c(Nc3ccc(Oc4ccnc5ccsc45)c(F)c3)nccc2ccn1-c1ccc(F)cc1. The minimum Gasteiger partial charge on any atom is -0.453 e. The molecular formula is C27H16F2N4O2S. The molecule has 0 aliphatic heterocycles. The predicted molar refractivity (Wildman–Crippen MR) is 137 cm³/mol. The number of pyridine rings is 3. The second kappa shape index (κ2) is 8.86. The van der Waals surface area contributed by atoms with Crippen LogP contribution in [0.15, 0.2) is 95.5 Å². The van der Waals surface area contributed by atoms with E-state index in [0.29, 0.717) is 27.9 Å². The van der Waals surface area contributed by atoms with Crippen molar-refractivity contribution in [3.63, 3.8) is 0 Å². The van der Waals surface area contributed by atoms with Crippen LogP contribution in [0.5, 0.6) is 11.5 Å². The van der Waals surface area contributed by atoms with E-state index >= 15 is 0 Å². The summed E-state index contributed by atoms with van der Waals surface area (Å²) in [5.41, 5.74) is 1.35. The van der Waals surface area contributed by atoms with E-state index in [9.17, 15) is 13.6 Å². The Morgan fingerprint density at radius 1 is 0.889 bits per heavy atom. The summed E-state index contributed by atoms with van der Waals surface area (Å²) in [6.07, 6.45) is 4.80. The molecule has 4 aromatic heterocycles. The summed E-state index contributed by atoms with van der Waals surface area (Å²) < 4.78 is 36.4. The number of ether oxygens (including phenoxy) is 1. The molecule has 0 unspecified atom stereocenters. The van der Waals surface area contributed by atoms with Crippen LogP contribution in [0.3, 0.4) is 0 Å². The Balaban J connectivity index is 1.34. The molecule has 0 saturated carbocycles. The fourth-order valence-corrected chi connectivity index (χ4v) is 4.73. The van der Waals surface area contributed by atoms with Gasteiger partial charge in [0.25, 0.3) is 5.56 Å². The van der Waals surface area contributed by atoms with Gasteiger partial charge < -0.3 is 10.1 Å². The summed E-state index contributed by atoms with van der Waals surface area (Å²) in [4.78, 5) is 21.9. The summed E-state index contributed by atoms with van der Waals surface area (Å²) in [6.45, 7) is 0. The van der Waals surface area contributed by atoms with Gasteiger partial charge in [0.2, 0.25) is 0 Å². The van der Waals surface area contributed by atoms with E-state index in [1.807, 2.05) is 11.4 Å². The third-order valence-electron chi connectivity index (χ3n) is 5.65. The van der Waals surface area contributed by atoms with Gasteiger partial charge in [-0.05, 0) is 65.4 Å². The highest BCUT2D eigenvalue weighted by Crippen LogP contribution is 2.34. The Bertz CT molecular complexity index is 1800. The molecule has 0 bridgehead atoms. The number of hydrogen-bond acceptors (Lipinski definition) is 6. The molecule has 0 radical (unpaired) electrons. The van der Waals surface area contributed by atoms with Crippen LogP contribution in [-0.2, 0) is 0 Å². The Kier molecular flexibility index (Phi) is 5.38. The monoisotopic (exact) mass is 498 g/mol. The average molecular weight is 499 g/mol. The van der Waals surface area contributed by atoms with Gasteiger partial charge in [-0.3, -0.25) is 14.3 Å². The van der Waals surface area contributed by atoms with Gasteiger partial charge in [0.05, 0.1) is 15.6 Å². The second-order valence-corrected chi connectivity index (χ2v) is 8.82. The summed E-state index contributed by atoms with van der Waals surface area (Å²) in [5, 5.41) is 5.93. The molecule has 4 heterocycles. The highest BCUT2D eigenvalue weighted by molar-refractivity contribution is 7.17. The third-order valence-corrected chi connectivity index (χ3v) is 6.56. The largest absolute Gasteiger partial charge is 0.453 e. The van der Waals surface area contributed by atoms with Gasteiger partial charge in [-0.15, -0.1) is 11.3 Å². The van der Waals surface area contributed by atoms with Gasteiger partial charge in [-0.1, -0.05) is 0 Å². The molecule has 0 saturated heterocycles. The summed E-state index contributed by atoms with van der Waals surface area (Å²) in [5.74, 6) is -0.116. The van der Waals surface area contributed by atoms with E-state index in [4.69, 9.17) is 4.74 Å². The van der Waals surface area contributed by atoms with E-state index in [0.717, 1.165) is 10.2 Å². The van der Waals surface area contributed by atoms with Gasteiger partial charge in [0, 0.05) is 42.1 Å². The van der Waals surface area contributed by atoms with Crippen molar-refractivity contribution in [3.05, 3.63) is 113 Å². The number of rotatable bonds is 5. The van der Waals surface area contributed by atoms with E-state index in [2.05, 4.69) is 15.3 Å². The van der Waals surface area contributed by atoms with Gasteiger partial charge in [-0.25, -0.2) is 13.8 Å². The summed E-state index contributed by atoms with van der Waals surface area (Å²) in [7, 11) is 0. The number of hydrogen-bond donors (Lipinski definition) is 1. The lowest BCUT2D eigenvalue weighted by Gasteiger charge is -2.13. The molecule has 6 aromatic rings. The maximum atomic E-state index is 15.0. The number of benzene rings is 2. The lowest BCUT2D eigenvalue weighted by Crippen LogP contribution is -2.19. The molecular weight excluding hydrogens is 482 g/mol. The molecule has 0 fully saturated rings. The molecule has 6 nitrogen and oxygen atoms in total. The zero-order chi connectivity index (χ0) is 24.6. The number of anilines is 2. The van der Waals surface area contributed by atoms with Gasteiger partial charge in [0.1, 0.15) is 17.4 Å². The van der Waals surface area contributed by atoms with Crippen molar-refractivity contribution in [2.45, 2.75) is 0 Å². The number of halogens is 2. The van der Waals surface area contributed by atoms with Crippen molar-refractivity contribution in [2.24, 2.45) is 0 Å². The molecule has 0 amide bonds. The van der Waals surface area contributed by atoms with Crippen LogP contribution in [0.2, 0.25) is 0 Å². The first-order valence-corrected chi connectivity index (χ1v) is 11.8. The van der Waals surface area contributed by atoms with Crippen molar-refractivity contribution < 1.29 is 13.5 Å². The standard InChI is InChI=1S/C27H16F2N4O2S/c28-17-1-4-19(5-2-17)33-13-9-16-7-11-31-26(24(16)27(33)34)32-18-3-6-22(20(29)15-18)35-23-8-12-30-21-10-14-36-25(21)23/h1-15H,(H,31,32). The van der Waals surface area contributed by atoms with Crippen LogP contribution in [-0.4, -0.2) is 14.5 Å². The van der Waals surface area contributed by atoms with E-state index < -0.39 is 11.6 Å². The Morgan fingerprint density at radius 3 is 2.56 bits per heavy atom. The second-order valence-electron chi connectivity index (χ2n) is 7.91. The zero-order valence-corrected chi connectivity index (χ0v) is 19.3. The van der Waals surface area contributed by atoms with Crippen LogP contribution in [0, 0.1) is 11.6 Å². The highest BCUT2D eigenvalue weighted by atomic mass is 32.1. The molecule has 0 spiro atoms. The number of nitrogens with zero attached hydrogens (tertiary/aromatic N) is 3. The van der Waals surface area contributed by atoms with Crippen molar-refractivity contribution in [2.75, 3.05) is 5.32 Å². The first-order chi connectivity index (χ1) is 17.6. The van der Waals surface area contributed by atoms with Gasteiger partial charge >= 0.3 is 0 Å². The van der Waals surface area contributed by atoms with Gasteiger partial charge in [0.15, 0.2) is 11.6 Å². The van der Waals surface area contributed by atoms with Crippen LogP contribution in [0.4, 0.5) is 20.3 Å². The maximum absolute atomic E-state index is 15.0. The maximum Gasteiger partial charge on any atom is 0.266 e. The minimum absolute atomic E-state index is 0.0611. The molecule has 9 heteroatoms. The Labute approximate surface area is 207 Å². The van der Waals surface area contributed by atoms with E-state index in [1.165, 1.54) is 52.3 Å². The number of thiophene rings is 1. The van der Waals surface area contributed by atoms with E-state index in [1.54, 1.807) is 42.9 Å². The Hall–Kier alpha value is -4.63. The lowest BCUT2D eigenvalue weighted by atomic mass is 10.2. The predicted octanol–water partition coefficient (Wildman–Crippen LogP) is 6.81. The van der Waals surface area contributed by atoms with E-state index in [-0.39, 0.29) is 17.1 Å². The first-order valence-electron chi connectivity index (χ1n) is 10.9. The smallest absolute Gasteiger partial charge is 0.266 e. The molecule has 1 N–H and O–H groups in total. The van der Waals surface area contributed by atoms with Gasteiger partial charge in [-0.2, -0.15) is 0 Å². The van der Waals surface area contributed by atoms with Crippen molar-refractivity contribution >= 4 is 43.8 Å². The topological polar surface area (TPSA) is 69.0 Å². The quantitative estimate of drug-likeness (QED) is 0.283. The summed E-state index contributed by atoms with van der Waals surface area (Å²) >= 11 is 1.47. The first kappa shape index (κ1) is 21.9. The fraction of sp³-hybridized carbons (Fsp3) is 0. The molecule has 2 aromatic carbocycles. The number of aromatic nitrogens is 3. The van der Waals surface area contributed by atoms with Crippen LogP contribution < -0.4 is 15.6 Å². The molecule has 0 atom stereocenters. The summed E-state index contributed by atoms with van der Waals surface area (Å²) in [6, 6.07) is 17.1. The average Bonchev–Trinajstić information content (AvgIpc) is 3.37. The third kappa shape index (κ3) is 3.95. The van der Waals surface area contributed by atoms with Crippen LogP contribution in [0.1, 0.15) is 0 Å². The fourth-order valence-electron chi connectivity index (χ4n) is 3.93. The molecule has 6 rings (SSSR count). The molecule has 176 valence electrons. The lowest BCUT2D eigenvalue weighted by molar-refractivity contribution is 0.447. The minimum atomic E-state index is -0.578. The Morgan fingerprint density at radius 2 is 1.72 bits per heavy atom. The highest BCUT2D eigenvalue weighted by Gasteiger charge is 2.14. The van der Waals surface area contributed by atoms with Crippen LogP contribution >= 0.6 is 11.3 Å². The molecule has 0 aliphatic carbocycles. The molecule has 36 heavy (non-hydrogen) atoms. The zero-order valence-electron chi connectivity index (χ0n) is 18.5. The van der Waals surface area contributed by atoms with Crippen molar-refractivity contribution in [3.8, 4) is 17.2 Å². The number of nitrogens with one attached hydrogen (secondary N) is 1. The normalized spacial score (nSPS) is 11.2. The molecule has 0 aliphatic rings. The number of fused-ring (bicyclic) bond motifs is 2. The van der Waals surface area contributed by atoms with Crippen LogP contribution in [0.25, 0.3) is 26.7 Å². The van der Waals surface area contributed by atoms with Crippen molar-refractivity contribution in [1.29, 1.82) is 0 Å². The van der Waals surface area contributed by atoms with Crippen molar-refractivity contribution in [1.82, 2.24) is 14.5 Å².